The molecular weight excluding hydrogens is 150 g/mol. The van der Waals surface area contributed by atoms with Crippen molar-refractivity contribution in [2.24, 2.45) is 0 Å². The number of hydrogen-bond acceptors (Lipinski definition) is 2. The summed E-state index contributed by atoms with van der Waals surface area (Å²) in [5, 5.41) is 0. The second-order valence-corrected chi connectivity index (χ2v) is 2.38. The van der Waals surface area contributed by atoms with Gasteiger partial charge in [-0.15, -0.1) is 6.42 Å². The van der Waals surface area contributed by atoms with E-state index < -0.39 is 0 Å². The zero-order valence-corrected chi connectivity index (χ0v) is 6.92. The Labute approximate surface area is 73.2 Å². The first-order valence-corrected chi connectivity index (χ1v) is 3.88. The molecule has 62 valence electrons. The number of nitrogens with zero attached hydrogens (tertiary/aromatic N) is 1. The number of allylic oxidation sites excluding steroid dienone is 1. The van der Waals surface area contributed by atoms with E-state index in [1.807, 2.05) is 6.20 Å². The summed E-state index contributed by atoms with van der Waals surface area (Å²) in [6, 6.07) is 0. The Hall–Kier alpha value is -1.38. The van der Waals surface area contributed by atoms with Gasteiger partial charge in [-0.3, -0.25) is 0 Å². The molecule has 0 radical (unpaired) electrons. The number of hydrogen-bond donors (Lipinski definition) is 0. The zero-order chi connectivity index (χ0) is 8.65. The number of morpholine rings is 1. The third kappa shape index (κ3) is 3.14. The lowest BCUT2D eigenvalue weighted by Crippen LogP contribution is -2.31. The monoisotopic (exact) mass is 161 g/mol. The Kier molecular flexibility index (Phi) is 3.84. The van der Waals surface area contributed by atoms with Crippen molar-refractivity contribution in [1.29, 1.82) is 0 Å². The van der Waals surface area contributed by atoms with E-state index in [0.29, 0.717) is 0 Å². The van der Waals surface area contributed by atoms with Crippen LogP contribution in [0.3, 0.4) is 0 Å². The molecule has 1 saturated heterocycles. The van der Waals surface area contributed by atoms with Crippen molar-refractivity contribution in [1.82, 2.24) is 4.90 Å². The molecule has 1 aliphatic rings. The van der Waals surface area contributed by atoms with Gasteiger partial charge in [-0.2, -0.15) is 0 Å². The fourth-order valence-electron chi connectivity index (χ4n) is 0.953. The molecule has 0 bridgehead atoms. The number of terminal acetylenes is 1. The van der Waals surface area contributed by atoms with Gasteiger partial charge < -0.3 is 9.64 Å². The van der Waals surface area contributed by atoms with Crippen molar-refractivity contribution in [3.05, 3.63) is 12.3 Å². The van der Waals surface area contributed by atoms with Gasteiger partial charge in [0.1, 0.15) is 0 Å². The highest BCUT2D eigenvalue weighted by Crippen LogP contribution is 1.96. The van der Waals surface area contributed by atoms with Crippen molar-refractivity contribution < 1.29 is 4.74 Å². The van der Waals surface area contributed by atoms with E-state index in [0.717, 1.165) is 26.3 Å². The van der Waals surface area contributed by atoms with Crippen LogP contribution in [0.4, 0.5) is 0 Å². The lowest BCUT2D eigenvalue weighted by atomic mass is 10.4. The SMILES string of the molecule is C#CC#C/C=C/N1CCOCC1. The highest BCUT2D eigenvalue weighted by molar-refractivity contribution is 5.27. The molecule has 0 spiro atoms. The maximum Gasteiger partial charge on any atom is 0.0642 e. The minimum absolute atomic E-state index is 0.799. The summed E-state index contributed by atoms with van der Waals surface area (Å²) in [5.41, 5.74) is 0. The van der Waals surface area contributed by atoms with Crippen molar-refractivity contribution in [3.63, 3.8) is 0 Å². The summed E-state index contributed by atoms with van der Waals surface area (Å²) in [6.45, 7) is 3.47. The molecular formula is C10H11NO. The van der Waals surface area contributed by atoms with Crippen LogP contribution in [0.25, 0.3) is 0 Å². The van der Waals surface area contributed by atoms with Crippen LogP contribution in [-0.2, 0) is 4.74 Å². The first-order valence-electron chi connectivity index (χ1n) is 3.88. The smallest absolute Gasteiger partial charge is 0.0642 e. The van der Waals surface area contributed by atoms with Crippen LogP contribution < -0.4 is 0 Å². The van der Waals surface area contributed by atoms with E-state index in [9.17, 15) is 0 Å². The highest BCUT2D eigenvalue weighted by atomic mass is 16.5. The second-order valence-electron chi connectivity index (χ2n) is 2.38. The summed E-state index contributed by atoms with van der Waals surface area (Å²) >= 11 is 0. The van der Waals surface area contributed by atoms with Crippen LogP contribution in [0, 0.1) is 24.2 Å². The summed E-state index contributed by atoms with van der Waals surface area (Å²) < 4.78 is 5.18. The zero-order valence-electron chi connectivity index (χ0n) is 6.92. The molecule has 2 heteroatoms. The van der Waals surface area contributed by atoms with Gasteiger partial charge in [0, 0.05) is 25.4 Å². The minimum Gasteiger partial charge on any atom is -0.378 e. The molecule has 2 nitrogen and oxygen atoms in total. The topological polar surface area (TPSA) is 12.5 Å². The first kappa shape index (κ1) is 8.71. The van der Waals surface area contributed by atoms with E-state index in [-0.39, 0.29) is 0 Å². The first-order chi connectivity index (χ1) is 5.93. The number of rotatable bonds is 1. The fraction of sp³-hybridized carbons (Fsp3) is 0.400. The second kappa shape index (κ2) is 5.29. The summed E-state index contributed by atoms with van der Waals surface area (Å²) in [4.78, 5) is 2.16. The van der Waals surface area contributed by atoms with Crippen LogP contribution in [0.1, 0.15) is 0 Å². The maximum atomic E-state index is 5.18. The Balaban J connectivity index is 2.29. The predicted octanol–water partition coefficient (Wildman–Crippen LogP) is 0.469. The normalized spacial score (nSPS) is 16.8. The summed E-state index contributed by atoms with van der Waals surface area (Å²) in [6.07, 6.45) is 8.68. The van der Waals surface area contributed by atoms with Crippen molar-refractivity contribution >= 4 is 0 Å². The van der Waals surface area contributed by atoms with Gasteiger partial charge >= 0.3 is 0 Å². The average molecular weight is 161 g/mol. The van der Waals surface area contributed by atoms with Crippen molar-refractivity contribution in [2.45, 2.75) is 0 Å². The van der Waals surface area contributed by atoms with Gasteiger partial charge in [-0.25, -0.2) is 0 Å². The van der Waals surface area contributed by atoms with Gasteiger partial charge in [0.05, 0.1) is 13.2 Å². The van der Waals surface area contributed by atoms with Crippen LogP contribution in [0.5, 0.6) is 0 Å². The Morgan fingerprint density at radius 3 is 2.75 bits per heavy atom. The standard InChI is InChI=1S/C10H11NO/c1-2-3-4-5-6-11-7-9-12-10-8-11/h1,5-6H,7-10H2/b6-5+. The summed E-state index contributed by atoms with van der Waals surface area (Å²) in [5.74, 6) is 7.50. The molecule has 0 aromatic rings. The minimum atomic E-state index is 0.799. The molecule has 1 heterocycles. The molecule has 1 aliphatic heterocycles. The largest absolute Gasteiger partial charge is 0.378 e. The van der Waals surface area contributed by atoms with Crippen molar-refractivity contribution in [2.75, 3.05) is 26.3 Å². The van der Waals surface area contributed by atoms with E-state index in [2.05, 4.69) is 22.7 Å². The molecule has 0 amide bonds. The third-order valence-electron chi connectivity index (χ3n) is 1.56. The van der Waals surface area contributed by atoms with Crippen LogP contribution in [0.2, 0.25) is 0 Å². The summed E-state index contributed by atoms with van der Waals surface area (Å²) in [7, 11) is 0. The molecule has 0 aromatic heterocycles. The lowest BCUT2D eigenvalue weighted by molar-refractivity contribution is 0.0594. The quantitative estimate of drug-likeness (QED) is 0.518. The van der Waals surface area contributed by atoms with E-state index in [1.165, 1.54) is 0 Å². The number of ether oxygens (including phenoxy) is 1. The maximum absolute atomic E-state index is 5.18. The molecule has 0 aromatic carbocycles. The van der Waals surface area contributed by atoms with Crippen LogP contribution >= 0.6 is 0 Å². The lowest BCUT2D eigenvalue weighted by Gasteiger charge is -2.24. The molecule has 0 aliphatic carbocycles. The van der Waals surface area contributed by atoms with E-state index >= 15 is 0 Å². The fourth-order valence-corrected chi connectivity index (χ4v) is 0.953. The molecule has 12 heavy (non-hydrogen) atoms. The predicted molar refractivity (Wildman–Crippen MR) is 48.1 cm³/mol. The van der Waals surface area contributed by atoms with Gasteiger partial charge in [-0.1, -0.05) is 5.92 Å². The average Bonchev–Trinajstić information content (AvgIpc) is 2.14. The van der Waals surface area contributed by atoms with Gasteiger partial charge in [0.15, 0.2) is 0 Å². The Morgan fingerprint density at radius 2 is 2.08 bits per heavy atom. The van der Waals surface area contributed by atoms with Gasteiger partial charge in [0.2, 0.25) is 0 Å². The van der Waals surface area contributed by atoms with E-state index in [1.54, 1.807) is 6.08 Å². The molecule has 0 saturated carbocycles. The van der Waals surface area contributed by atoms with Crippen LogP contribution in [-0.4, -0.2) is 31.2 Å². The highest BCUT2D eigenvalue weighted by Gasteiger charge is 2.03. The Morgan fingerprint density at radius 1 is 1.33 bits per heavy atom. The van der Waals surface area contributed by atoms with Crippen molar-refractivity contribution in [3.8, 4) is 24.2 Å². The van der Waals surface area contributed by atoms with Crippen LogP contribution in [0.15, 0.2) is 12.3 Å². The van der Waals surface area contributed by atoms with Gasteiger partial charge in [-0.05, 0) is 11.8 Å². The van der Waals surface area contributed by atoms with E-state index in [4.69, 9.17) is 11.2 Å². The van der Waals surface area contributed by atoms with Gasteiger partial charge in [0.25, 0.3) is 0 Å². The third-order valence-corrected chi connectivity index (χ3v) is 1.56. The molecule has 1 fully saturated rings. The molecule has 0 N–H and O–H groups in total. The molecule has 1 rings (SSSR count). The molecule has 0 atom stereocenters. The molecule has 0 unspecified atom stereocenters. The Bertz CT molecular complexity index is 245.